The summed E-state index contributed by atoms with van der Waals surface area (Å²) in [6.07, 6.45) is 4.53. The van der Waals surface area contributed by atoms with Crippen LogP contribution in [-0.4, -0.2) is 20.2 Å². The summed E-state index contributed by atoms with van der Waals surface area (Å²) < 4.78 is 5.41. The first-order chi connectivity index (χ1) is 8.69. The van der Waals surface area contributed by atoms with Crippen molar-refractivity contribution < 1.29 is 4.74 Å². The summed E-state index contributed by atoms with van der Waals surface area (Å²) in [5.74, 6) is 0.955. The van der Waals surface area contributed by atoms with Gasteiger partial charge in [0.05, 0.1) is 7.11 Å². The van der Waals surface area contributed by atoms with Crippen molar-refractivity contribution in [2.24, 2.45) is 0 Å². The molecule has 1 rings (SSSR count). The standard InChI is InChI=1S/C16H25NO/c1-5-10-17-11-6-7-14(3)15-12-13(2)8-9-16(15)18-4/h7-9,12,17H,5-6,10-11H2,1-4H3. The van der Waals surface area contributed by atoms with Crippen molar-refractivity contribution in [3.8, 4) is 5.75 Å². The molecule has 0 bridgehead atoms. The highest BCUT2D eigenvalue weighted by atomic mass is 16.5. The molecule has 2 nitrogen and oxygen atoms in total. The Labute approximate surface area is 111 Å². The summed E-state index contributed by atoms with van der Waals surface area (Å²) in [6.45, 7) is 8.59. The smallest absolute Gasteiger partial charge is 0.126 e. The number of ether oxygens (including phenoxy) is 1. The van der Waals surface area contributed by atoms with Gasteiger partial charge < -0.3 is 10.1 Å². The normalized spacial score (nSPS) is 11.7. The van der Waals surface area contributed by atoms with Crippen LogP contribution in [0.4, 0.5) is 0 Å². The lowest BCUT2D eigenvalue weighted by molar-refractivity contribution is 0.413. The molecule has 0 radical (unpaired) electrons. The Morgan fingerprint density at radius 1 is 1.33 bits per heavy atom. The quantitative estimate of drug-likeness (QED) is 0.740. The zero-order valence-corrected chi connectivity index (χ0v) is 12.0. The van der Waals surface area contributed by atoms with Crippen molar-refractivity contribution in [1.29, 1.82) is 0 Å². The van der Waals surface area contributed by atoms with E-state index in [0.29, 0.717) is 0 Å². The van der Waals surface area contributed by atoms with Gasteiger partial charge in [0, 0.05) is 5.56 Å². The van der Waals surface area contributed by atoms with E-state index < -0.39 is 0 Å². The predicted octanol–water partition coefficient (Wildman–Crippen LogP) is 3.80. The number of aryl methyl sites for hydroxylation is 1. The molecule has 0 saturated carbocycles. The first-order valence-corrected chi connectivity index (χ1v) is 6.71. The molecule has 0 aromatic heterocycles. The minimum absolute atomic E-state index is 0.955. The first-order valence-electron chi connectivity index (χ1n) is 6.71. The fourth-order valence-electron chi connectivity index (χ4n) is 1.93. The summed E-state index contributed by atoms with van der Waals surface area (Å²) in [5.41, 5.74) is 3.75. The Bertz CT molecular complexity index is 396. The number of hydrogen-bond acceptors (Lipinski definition) is 2. The van der Waals surface area contributed by atoms with Crippen LogP contribution in [0.3, 0.4) is 0 Å². The van der Waals surface area contributed by atoms with E-state index in [9.17, 15) is 0 Å². The Morgan fingerprint density at radius 3 is 2.78 bits per heavy atom. The number of hydrogen-bond donors (Lipinski definition) is 1. The Morgan fingerprint density at radius 2 is 2.11 bits per heavy atom. The molecule has 0 unspecified atom stereocenters. The van der Waals surface area contributed by atoms with Gasteiger partial charge in [-0.15, -0.1) is 0 Å². The molecule has 1 aromatic carbocycles. The molecule has 2 heteroatoms. The van der Waals surface area contributed by atoms with Crippen LogP contribution in [0.1, 0.15) is 37.8 Å². The lowest BCUT2D eigenvalue weighted by Gasteiger charge is -2.10. The number of rotatable bonds is 7. The SMILES string of the molecule is CCCNCCC=C(C)c1cc(C)ccc1OC. The van der Waals surface area contributed by atoms with E-state index in [1.54, 1.807) is 7.11 Å². The van der Waals surface area contributed by atoms with E-state index in [-0.39, 0.29) is 0 Å². The van der Waals surface area contributed by atoms with Crippen molar-refractivity contribution >= 4 is 5.57 Å². The van der Waals surface area contributed by atoms with Gasteiger partial charge in [0.1, 0.15) is 5.75 Å². The van der Waals surface area contributed by atoms with Crippen LogP contribution < -0.4 is 10.1 Å². The van der Waals surface area contributed by atoms with Gasteiger partial charge in [0.15, 0.2) is 0 Å². The fourth-order valence-corrected chi connectivity index (χ4v) is 1.93. The van der Waals surface area contributed by atoms with Gasteiger partial charge in [-0.05, 0) is 57.5 Å². The van der Waals surface area contributed by atoms with Crippen LogP contribution in [0, 0.1) is 6.92 Å². The van der Waals surface area contributed by atoms with Gasteiger partial charge in [-0.25, -0.2) is 0 Å². The molecule has 1 aromatic rings. The van der Waals surface area contributed by atoms with Crippen LogP contribution >= 0.6 is 0 Å². The molecular formula is C16H25NO. The molecular weight excluding hydrogens is 222 g/mol. The third-order valence-corrected chi connectivity index (χ3v) is 2.98. The molecule has 0 atom stereocenters. The molecule has 0 amide bonds. The summed E-state index contributed by atoms with van der Waals surface area (Å²) in [7, 11) is 1.73. The molecule has 0 saturated heterocycles. The maximum atomic E-state index is 5.41. The van der Waals surface area contributed by atoms with Crippen LogP contribution in [0.15, 0.2) is 24.3 Å². The van der Waals surface area contributed by atoms with Crippen molar-refractivity contribution in [3.05, 3.63) is 35.4 Å². The topological polar surface area (TPSA) is 21.3 Å². The fraction of sp³-hybridized carbons (Fsp3) is 0.500. The maximum absolute atomic E-state index is 5.41. The number of allylic oxidation sites excluding steroid dienone is 1. The minimum atomic E-state index is 0.955. The lowest BCUT2D eigenvalue weighted by atomic mass is 10.0. The molecule has 0 fully saturated rings. The number of methoxy groups -OCH3 is 1. The molecule has 18 heavy (non-hydrogen) atoms. The van der Waals surface area contributed by atoms with Crippen LogP contribution in [0.25, 0.3) is 5.57 Å². The van der Waals surface area contributed by atoms with Crippen molar-refractivity contribution in [2.75, 3.05) is 20.2 Å². The third-order valence-electron chi connectivity index (χ3n) is 2.98. The van der Waals surface area contributed by atoms with E-state index in [2.05, 4.69) is 44.3 Å². The molecule has 0 heterocycles. The molecule has 0 aliphatic heterocycles. The molecule has 0 spiro atoms. The highest BCUT2D eigenvalue weighted by Crippen LogP contribution is 2.26. The van der Waals surface area contributed by atoms with Crippen LogP contribution in [0.2, 0.25) is 0 Å². The van der Waals surface area contributed by atoms with Gasteiger partial charge in [-0.2, -0.15) is 0 Å². The highest BCUT2D eigenvalue weighted by molar-refractivity contribution is 5.69. The number of benzene rings is 1. The highest BCUT2D eigenvalue weighted by Gasteiger charge is 2.04. The van der Waals surface area contributed by atoms with E-state index in [0.717, 1.165) is 25.3 Å². The lowest BCUT2D eigenvalue weighted by Crippen LogP contribution is -2.15. The van der Waals surface area contributed by atoms with Crippen molar-refractivity contribution in [1.82, 2.24) is 5.32 Å². The molecule has 1 N–H and O–H groups in total. The average Bonchev–Trinajstić information content (AvgIpc) is 2.38. The molecule has 100 valence electrons. The van der Waals surface area contributed by atoms with E-state index in [1.807, 2.05) is 6.07 Å². The second-order valence-electron chi connectivity index (χ2n) is 4.63. The predicted molar refractivity (Wildman–Crippen MR) is 79.2 cm³/mol. The van der Waals surface area contributed by atoms with E-state index in [4.69, 9.17) is 4.74 Å². The second kappa shape index (κ2) is 7.93. The Kier molecular flexibility index (Phi) is 6.51. The Hall–Kier alpha value is -1.28. The summed E-state index contributed by atoms with van der Waals surface area (Å²) in [6, 6.07) is 6.31. The van der Waals surface area contributed by atoms with Crippen molar-refractivity contribution in [2.45, 2.75) is 33.6 Å². The zero-order valence-electron chi connectivity index (χ0n) is 12.0. The summed E-state index contributed by atoms with van der Waals surface area (Å²) in [4.78, 5) is 0. The maximum Gasteiger partial charge on any atom is 0.126 e. The Balaban J connectivity index is 2.67. The van der Waals surface area contributed by atoms with Gasteiger partial charge in [0.25, 0.3) is 0 Å². The van der Waals surface area contributed by atoms with Crippen LogP contribution in [-0.2, 0) is 0 Å². The van der Waals surface area contributed by atoms with Gasteiger partial charge in [-0.1, -0.05) is 24.6 Å². The minimum Gasteiger partial charge on any atom is -0.496 e. The summed E-state index contributed by atoms with van der Waals surface area (Å²) in [5, 5.41) is 3.41. The number of nitrogens with one attached hydrogen (secondary N) is 1. The van der Waals surface area contributed by atoms with Crippen molar-refractivity contribution in [3.63, 3.8) is 0 Å². The van der Waals surface area contributed by atoms with E-state index in [1.165, 1.54) is 23.1 Å². The zero-order chi connectivity index (χ0) is 13.4. The van der Waals surface area contributed by atoms with Gasteiger partial charge in [-0.3, -0.25) is 0 Å². The third kappa shape index (κ3) is 4.53. The second-order valence-corrected chi connectivity index (χ2v) is 4.63. The summed E-state index contributed by atoms with van der Waals surface area (Å²) >= 11 is 0. The largest absolute Gasteiger partial charge is 0.496 e. The van der Waals surface area contributed by atoms with E-state index >= 15 is 0 Å². The monoisotopic (exact) mass is 247 g/mol. The van der Waals surface area contributed by atoms with Gasteiger partial charge >= 0.3 is 0 Å². The first kappa shape index (κ1) is 14.8. The van der Waals surface area contributed by atoms with Crippen LogP contribution in [0.5, 0.6) is 5.75 Å². The average molecular weight is 247 g/mol. The molecule has 0 aliphatic carbocycles. The van der Waals surface area contributed by atoms with Gasteiger partial charge in [0.2, 0.25) is 0 Å². The molecule has 0 aliphatic rings.